The lowest BCUT2D eigenvalue weighted by atomic mass is 10.1. The Bertz CT molecular complexity index is 444. The molecule has 0 heterocycles. The van der Waals surface area contributed by atoms with Gasteiger partial charge in [0.2, 0.25) is 0 Å². The van der Waals surface area contributed by atoms with Gasteiger partial charge in [0, 0.05) is 17.6 Å². The van der Waals surface area contributed by atoms with Crippen molar-refractivity contribution < 1.29 is 14.2 Å². The summed E-state index contributed by atoms with van der Waals surface area (Å²) >= 11 is 3.46. The Balaban J connectivity index is 2.44. The van der Waals surface area contributed by atoms with Crippen LogP contribution in [0.15, 0.2) is 16.6 Å². The maximum Gasteiger partial charge on any atom is 0.133 e. The molecule has 0 radical (unpaired) electrons. The zero-order valence-electron chi connectivity index (χ0n) is 13.6. The van der Waals surface area contributed by atoms with Gasteiger partial charge in [0.1, 0.15) is 11.5 Å². The Hall–Kier alpha value is -0.780. The first-order chi connectivity index (χ1) is 9.87. The van der Waals surface area contributed by atoms with Crippen LogP contribution in [0, 0.1) is 0 Å². The van der Waals surface area contributed by atoms with E-state index in [0.29, 0.717) is 13.2 Å². The molecule has 0 aliphatic heterocycles. The highest BCUT2D eigenvalue weighted by Gasteiger charge is 2.10. The molecule has 0 aromatic heterocycles. The Kier molecular flexibility index (Phi) is 7.49. The molecular formula is C16H26BrNO3. The molecule has 0 atom stereocenters. The van der Waals surface area contributed by atoms with Gasteiger partial charge in [0.15, 0.2) is 0 Å². The van der Waals surface area contributed by atoms with Gasteiger partial charge < -0.3 is 19.5 Å². The van der Waals surface area contributed by atoms with Gasteiger partial charge in [-0.25, -0.2) is 0 Å². The third kappa shape index (κ3) is 6.68. The van der Waals surface area contributed by atoms with Gasteiger partial charge >= 0.3 is 0 Å². The van der Waals surface area contributed by atoms with E-state index >= 15 is 0 Å². The smallest absolute Gasteiger partial charge is 0.133 e. The van der Waals surface area contributed by atoms with E-state index in [0.717, 1.165) is 34.5 Å². The van der Waals surface area contributed by atoms with Crippen LogP contribution in [0.5, 0.6) is 11.5 Å². The molecule has 0 aliphatic rings. The number of methoxy groups -OCH3 is 2. The molecule has 21 heavy (non-hydrogen) atoms. The van der Waals surface area contributed by atoms with Crippen LogP contribution < -0.4 is 14.8 Å². The van der Waals surface area contributed by atoms with Crippen molar-refractivity contribution in [1.82, 2.24) is 5.32 Å². The van der Waals surface area contributed by atoms with E-state index in [1.807, 2.05) is 12.1 Å². The molecule has 0 spiro atoms. The predicted molar refractivity (Wildman–Crippen MR) is 89.5 cm³/mol. The molecule has 0 fully saturated rings. The molecular weight excluding hydrogens is 334 g/mol. The zero-order valence-corrected chi connectivity index (χ0v) is 15.2. The minimum absolute atomic E-state index is 0.131. The van der Waals surface area contributed by atoms with Crippen molar-refractivity contribution in [3.05, 3.63) is 22.2 Å². The highest BCUT2D eigenvalue weighted by Crippen LogP contribution is 2.32. The number of ether oxygens (including phenoxy) is 3. The van der Waals surface area contributed by atoms with Crippen molar-refractivity contribution >= 4 is 15.9 Å². The minimum Gasteiger partial charge on any atom is -0.496 e. The second-order valence-corrected chi connectivity index (χ2v) is 6.69. The van der Waals surface area contributed by atoms with Crippen LogP contribution in [-0.2, 0) is 11.2 Å². The summed E-state index contributed by atoms with van der Waals surface area (Å²) in [5.74, 6) is 1.65. The molecule has 1 N–H and O–H groups in total. The van der Waals surface area contributed by atoms with Crippen molar-refractivity contribution in [2.45, 2.75) is 32.7 Å². The van der Waals surface area contributed by atoms with Crippen molar-refractivity contribution in [2.75, 3.05) is 34.0 Å². The molecule has 0 saturated carbocycles. The molecule has 120 valence electrons. The third-order valence-corrected chi connectivity index (χ3v) is 3.59. The number of benzene rings is 1. The fourth-order valence-corrected chi connectivity index (χ4v) is 2.39. The van der Waals surface area contributed by atoms with Crippen LogP contribution in [0.1, 0.15) is 26.3 Å². The van der Waals surface area contributed by atoms with Gasteiger partial charge in [-0.05, 0) is 55.3 Å². The van der Waals surface area contributed by atoms with Crippen molar-refractivity contribution in [1.29, 1.82) is 0 Å². The highest BCUT2D eigenvalue weighted by molar-refractivity contribution is 9.10. The summed E-state index contributed by atoms with van der Waals surface area (Å²) in [6.07, 6.45) is 0.794. The molecule has 1 aromatic carbocycles. The fraction of sp³-hybridized carbons (Fsp3) is 0.625. The lowest BCUT2D eigenvalue weighted by molar-refractivity contribution is 0.133. The molecule has 0 aliphatic carbocycles. The van der Waals surface area contributed by atoms with Crippen LogP contribution in [0.3, 0.4) is 0 Å². The first-order valence-electron chi connectivity index (χ1n) is 7.10. The molecule has 0 unspecified atom stereocenters. The third-order valence-electron chi connectivity index (χ3n) is 2.97. The summed E-state index contributed by atoms with van der Waals surface area (Å²) in [5.41, 5.74) is 1.22. The average molecular weight is 360 g/mol. The standard InChI is InChI=1S/C16H26BrNO3/c1-16(2,3)18-7-9-21-8-6-12-10-15(20-5)13(17)11-14(12)19-4/h10-11,18H,6-9H2,1-5H3. The maximum atomic E-state index is 5.67. The lowest BCUT2D eigenvalue weighted by Gasteiger charge is -2.20. The van der Waals surface area contributed by atoms with Gasteiger partial charge in [0.05, 0.1) is 31.9 Å². The summed E-state index contributed by atoms with van der Waals surface area (Å²) in [5, 5.41) is 3.39. The zero-order chi connectivity index (χ0) is 15.9. The molecule has 4 nitrogen and oxygen atoms in total. The summed E-state index contributed by atoms with van der Waals surface area (Å²) in [7, 11) is 3.33. The van der Waals surface area contributed by atoms with Crippen molar-refractivity contribution in [2.24, 2.45) is 0 Å². The Morgan fingerprint density at radius 3 is 2.29 bits per heavy atom. The summed E-state index contributed by atoms with van der Waals surface area (Å²) < 4.78 is 17.3. The lowest BCUT2D eigenvalue weighted by Crippen LogP contribution is -2.38. The van der Waals surface area contributed by atoms with Crippen LogP contribution in [-0.4, -0.2) is 39.5 Å². The molecule has 0 bridgehead atoms. The van der Waals surface area contributed by atoms with Crippen molar-refractivity contribution in [3.8, 4) is 11.5 Å². The van der Waals surface area contributed by atoms with E-state index in [2.05, 4.69) is 42.0 Å². The van der Waals surface area contributed by atoms with E-state index < -0.39 is 0 Å². The first-order valence-corrected chi connectivity index (χ1v) is 7.90. The molecule has 5 heteroatoms. The maximum absolute atomic E-state index is 5.67. The number of hydrogen-bond acceptors (Lipinski definition) is 4. The first kappa shape index (κ1) is 18.3. The number of rotatable bonds is 8. The van der Waals surface area contributed by atoms with Gasteiger partial charge in [-0.1, -0.05) is 0 Å². The summed E-state index contributed by atoms with van der Waals surface area (Å²) in [4.78, 5) is 0. The number of nitrogens with one attached hydrogen (secondary N) is 1. The van der Waals surface area contributed by atoms with E-state index in [9.17, 15) is 0 Å². The monoisotopic (exact) mass is 359 g/mol. The molecule has 1 aromatic rings. The normalized spacial score (nSPS) is 11.5. The SMILES string of the molecule is COc1cc(CCOCCNC(C)(C)C)c(OC)cc1Br. The van der Waals surface area contributed by atoms with E-state index in [1.165, 1.54) is 0 Å². The quantitative estimate of drug-likeness (QED) is 0.722. The van der Waals surface area contributed by atoms with Gasteiger partial charge in [-0.15, -0.1) is 0 Å². The van der Waals surface area contributed by atoms with Gasteiger partial charge in [0.25, 0.3) is 0 Å². The minimum atomic E-state index is 0.131. The number of halogens is 1. The Morgan fingerprint density at radius 2 is 1.71 bits per heavy atom. The Labute approximate surface area is 136 Å². The summed E-state index contributed by atoms with van der Waals surface area (Å²) in [6.45, 7) is 8.65. The van der Waals surface area contributed by atoms with E-state index in [4.69, 9.17) is 14.2 Å². The summed E-state index contributed by atoms with van der Waals surface area (Å²) in [6, 6.07) is 3.91. The largest absolute Gasteiger partial charge is 0.496 e. The highest BCUT2D eigenvalue weighted by atomic mass is 79.9. The number of hydrogen-bond donors (Lipinski definition) is 1. The predicted octanol–water partition coefficient (Wildman–Crippen LogP) is 3.41. The van der Waals surface area contributed by atoms with Crippen LogP contribution >= 0.6 is 15.9 Å². The van der Waals surface area contributed by atoms with Crippen LogP contribution in [0.25, 0.3) is 0 Å². The second kappa shape index (κ2) is 8.61. The van der Waals surface area contributed by atoms with Crippen LogP contribution in [0.2, 0.25) is 0 Å². The van der Waals surface area contributed by atoms with E-state index in [1.54, 1.807) is 14.2 Å². The second-order valence-electron chi connectivity index (χ2n) is 5.84. The van der Waals surface area contributed by atoms with Gasteiger partial charge in [-0.2, -0.15) is 0 Å². The molecule has 0 amide bonds. The fourth-order valence-electron chi connectivity index (χ4n) is 1.90. The van der Waals surface area contributed by atoms with Crippen molar-refractivity contribution in [3.63, 3.8) is 0 Å². The van der Waals surface area contributed by atoms with Crippen LogP contribution in [0.4, 0.5) is 0 Å². The Morgan fingerprint density at radius 1 is 1.05 bits per heavy atom. The molecule has 0 saturated heterocycles. The van der Waals surface area contributed by atoms with Gasteiger partial charge in [-0.3, -0.25) is 0 Å². The molecule has 1 rings (SSSR count). The van der Waals surface area contributed by atoms with E-state index in [-0.39, 0.29) is 5.54 Å². The average Bonchev–Trinajstić information content (AvgIpc) is 2.42. The topological polar surface area (TPSA) is 39.7 Å².